The third-order valence-electron chi connectivity index (χ3n) is 3.08. The third-order valence-corrected chi connectivity index (χ3v) is 4.20. The molecule has 8 heteroatoms. The van der Waals surface area contributed by atoms with E-state index in [9.17, 15) is 18.0 Å². The lowest BCUT2D eigenvalue weighted by Gasteiger charge is -2.17. The Hall–Kier alpha value is -1.31. The zero-order valence-corrected chi connectivity index (χ0v) is 9.48. The lowest BCUT2D eigenvalue weighted by molar-refractivity contribution is -0.127. The molecule has 2 atom stereocenters. The van der Waals surface area contributed by atoms with Crippen molar-refractivity contribution in [2.75, 3.05) is 25.9 Å². The summed E-state index contributed by atoms with van der Waals surface area (Å²) in [4.78, 5) is 23.6. The minimum atomic E-state index is -3.51. The maximum atomic E-state index is 11.7. The smallest absolute Gasteiger partial charge is 0.407 e. The van der Waals surface area contributed by atoms with E-state index in [-0.39, 0.29) is 25.6 Å². The molecular formula is C8H12N2O5S. The molecule has 0 bridgehead atoms. The molecule has 7 nitrogen and oxygen atoms in total. The van der Waals surface area contributed by atoms with Gasteiger partial charge in [0.2, 0.25) is 15.9 Å². The molecule has 2 unspecified atom stereocenters. The summed E-state index contributed by atoms with van der Waals surface area (Å²) < 4.78 is 23.4. The highest BCUT2D eigenvalue weighted by Crippen LogP contribution is 2.33. The van der Waals surface area contributed by atoms with Crippen LogP contribution < -0.4 is 0 Å². The van der Waals surface area contributed by atoms with Crippen LogP contribution in [0.4, 0.5) is 4.79 Å². The number of sulfonamides is 1. The molecule has 2 fully saturated rings. The summed E-state index contributed by atoms with van der Waals surface area (Å²) in [5.74, 6) is -1.17. The van der Waals surface area contributed by atoms with Gasteiger partial charge in [0.1, 0.15) is 0 Å². The number of carboxylic acid groups (broad SMARTS) is 1. The number of nitrogens with zero attached hydrogens (tertiary/aromatic N) is 2. The Morgan fingerprint density at radius 3 is 2.44 bits per heavy atom. The maximum Gasteiger partial charge on any atom is 0.407 e. The van der Waals surface area contributed by atoms with Crippen molar-refractivity contribution in [2.45, 2.75) is 0 Å². The summed E-state index contributed by atoms with van der Waals surface area (Å²) in [6.07, 6.45) is -0.0749. The Morgan fingerprint density at radius 2 is 2.00 bits per heavy atom. The molecule has 2 rings (SSSR count). The van der Waals surface area contributed by atoms with Crippen molar-refractivity contribution in [3.8, 4) is 0 Å². The first-order valence-electron chi connectivity index (χ1n) is 4.80. The summed E-state index contributed by atoms with van der Waals surface area (Å²) in [5.41, 5.74) is 0. The number of carbonyl (C=O) groups excluding carboxylic acids is 1. The number of hydrogen-bond donors (Lipinski definition) is 1. The first-order valence-corrected chi connectivity index (χ1v) is 6.65. The molecule has 2 saturated heterocycles. The van der Waals surface area contributed by atoms with Crippen LogP contribution in [0, 0.1) is 11.8 Å². The van der Waals surface area contributed by atoms with Crippen molar-refractivity contribution in [1.82, 2.24) is 9.21 Å². The van der Waals surface area contributed by atoms with Crippen molar-refractivity contribution < 1.29 is 23.1 Å². The molecule has 2 heterocycles. The fourth-order valence-corrected chi connectivity index (χ4v) is 3.20. The highest BCUT2D eigenvalue weighted by atomic mass is 32.2. The molecule has 1 N–H and O–H groups in total. The number of hydrogen-bond acceptors (Lipinski definition) is 4. The van der Waals surface area contributed by atoms with E-state index >= 15 is 0 Å². The van der Waals surface area contributed by atoms with Gasteiger partial charge >= 0.3 is 6.09 Å². The lowest BCUT2D eigenvalue weighted by atomic mass is 10.0. The van der Waals surface area contributed by atoms with Gasteiger partial charge in [-0.05, 0) is 0 Å². The Bertz CT molecular complexity index is 445. The van der Waals surface area contributed by atoms with Gasteiger partial charge in [0.15, 0.2) is 0 Å². The van der Waals surface area contributed by atoms with Crippen LogP contribution in [0.1, 0.15) is 0 Å². The van der Waals surface area contributed by atoms with Crippen molar-refractivity contribution in [3.05, 3.63) is 0 Å². The molecule has 0 aromatic carbocycles. The normalized spacial score (nSPS) is 29.7. The highest BCUT2D eigenvalue weighted by Gasteiger charge is 2.50. The Morgan fingerprint density at radius 1 is 1.38 bits per heavy atom. The molecule has 2 aliphatic heterocycles. The lowest BCUT2D eigenvalue weighted by Crippen LogP contribution is -2.37. The van der Waals surface area contributed by atoms with E-state index in [0.29, 0.717) is 0 Å². The zero-order chi connectivity index (χ0) is 12.1. The minimum absolute atomic E-state index is 0.102. The van der Waals surface area contributed by atoms with Gasteiger partial charge in [0.05, 0.1) is 12.2 Å². The van der Waals surface area contributed by atoms with Crippen molar-refractivity contribution in [1.29, 1.82) is 0 Å². The van der Waals surface area contributed by atoms with Crippen LogP contribution in [0.15, 0.2) is 0 Å². The van der Waals surface area contributed by atoms with E-state index in [1.54, 1.807) is 0 Å². The van der Waals surface area contributed by atoms with Crippen LogP contribution in [-0.2, 0) is 14.8 Å². The summed E-state index contributed by atoms with van der Waals surface area (Å²) in [6, 6.07) is 0. The number of rotatable bonds is 1. The van der Waals surface area contributed by atoms with Crippen LogP contribution in [0.25, 0.3) is 0 Å². The van der Waals surface area contributed by atoms with E-state index in [0.717, 1.165) is 15.5 Å². The largest absolute Gasteiger partial charge is 0.465 e. The van der Waals surface area contributed by atoms with Crippen molar-refractivity contribution in [3.63, 3.8) is 0 Å². The average Bonchev–Trinajstić information content (AvgIpc) is 2.64. The van der Waals surface area contributed by atoms with Gasteiger partial charge in [-0.3, -0.25) is 4.79 Å². The van der Waals surface area contributed by atoms with Crippen LogP contribution >= 0.6 is 0 Å². The molecule has 0 spiro atoms. The molecule has 0 radical (unpaired) electrons. The van der Waals surface area contributed by atoms with E-state index < -0.39 is 27.9 Å². The fraction of sp³-hybridized carbons (Fsp3) is 0.750. The first-order chi connectivity index (χ1) is 7.30. The van der Waals surface area contributed by atoms with Gasteiger partial charge in [-0.15, -0.1) is 0 Å². The standard InChI is InChI=1S/C8H12N2O5S/c1-16(14,15)10-3-5-2-9(8(12)13)4-6(5)7(10)11/h5-6H,2-4H2,1H3,(H,12,13). The Balaban J connectivity index is 2.16. The molecule has 0 saturated carbocycles. The molecular weight excluding hydrogens is 236 g/mol. The monoisotopic (exact) mass is 248 g/mol. The van der Waals surface area contributed by atoms with Crippen LogP contribution in [0.2, 0.25) is 0 Å². The van der Waals surface area contributed by atoms with Crippen LogP contribution in [-0.4, -0.2) is 60.6 Å². The third kappa shape index (κ3) is 1.62. The predicted octanol–water partition coefficient (Wildman–Crippen LogP) is -0.986. The Kier molecular flexibility index (Phi) is 2.33. The fourth-order valence-electron chi connectivity index (χ4n) is 2.28. The highest BCUT2D eigenvalue weighted by molar-refractivity contribution is 7.88. The van der Waals surface area contributed by atoms with Gasteiger partial charge in [-0.25, -0.2) is 17.5 Å². The maximum absolute atomic E-state index is 11.7. The van der Waals surface area contributed by atoms with Crippen LogP contribution in [0.3, 0.4) is 0 Å². The van der Waals surface area contributed by atoms with Gasteiger partial charge < -0.3 is 10.0 Å². The SMILES string of the molecule is CS(=O)(=O)N1CC2CN(C(=O)O)CC2C1=O. The first kappa shape index (κ1) is 11.2. The number of amides is 2. The summed E-state index contributed by atoms with van der Waals surface area (Å²) in [6.45, 7) is 0.439. The van der Waals surface area contributed by atoms with Gasteiger partial charge in [-0.1, -0.05) is 0 Å². The molecule has 0 aromatic heterocycles. The quantitative estimate of drug-likeness (QED) is 0.643. The molecule has 2 aliphatic rings. The number of fused-ring (bicyclic) bond motifs is 1. The van der Waals surface area contributed by atoms with Gasteiger partial charge in [0.25, 0.3) is 0 Å². The molecule has 2 amide bonds. The van der Waals surface area contributed by atoms with E-state index in [1.807, 2.05) is 0 Å². The number of carbonyl (C=O) groups is 2. The summed E-state index contributed by atoms with van der Waals surface area (Å²) >= 11 is 0. The average molecular weight is 248 g/mol. The van der Waals surface area contributed by atoms with Crippen molar-refractivity contribution in [2.24, 2.45) is 11.8 Å². The van der Waals surface area contributed by atoms with E-state index in [4.69, 9.17) is 5.11 Å². The second-order valence-electron chi connectivity index (χ2n) is 4.19. The van der Waals surface area contributed by atoms with Gasteiger partial charge in [0, 0.05) is 25.6 Å². The molecule has 0 aromatic rings. The molecule has 0 aliphatic carbocycles. The summed E-state index contributed by atoms with van der Waals surface area (Å²) in [5, 5.41) is 8.76. The van der Waals surface area contributed by atoms with E-state index in [1.165, 1.54) is 0 Å². The molecule has 16 heavy (non-hydrogen) atoms. The minimum Gasteiger partial charge on any atom is -0.465 e. The zero-order valence-electron chi connectivity index (χ0n) is 8.66. The second kappa shape index (κ2) is 3.34. The molecule has 90 valence electrons. The van der Waals surface area contributed by atoms with Crippen LogP contribution in [0.5, 0.6) is 0 Å². The Labute approximate surface area is 92.7 Å². The summed E-state index contributed by atoms with van der Waals surface area (Å²) in [7, 11) is -3.51. The van der Waals surface area contributed by atoms with E-state index in [2.05, 4.69) is 0 Å². The van der Waals surface area contributed by atoms with Gasteiger partial charge in [-0.2, -0.15) is 0 Å². The van der Waals surface area contributed by atoms with Crippen molar-refractivity contribution >= 4 is 22.0 Å². The topological polar surface area (TPSA) is 95.0 Å². The second-order valence-corrected chi connectivity index (χ2v) is 6.09. The predicted molar refractivity (Wildman–Crippen MR) is 53.1 cm³/mol. The number of likely N-dealkylation sites (tertiary alicyclic amines) is 1.